The molecule has 1 aromatic carbocycles. The molecule has 1 aliphatic heterocycles. The summed E-state index contributed by atoms with van der Waals surface area (Å²) in [6.45, 7) is 2.40. The van der Waals surface area contributed by atoms with Crippen LogP contribution >= 0.6 is 0 Å². The molecule has 152 valence electrons. The highest BCUT2D eigenvalue weighted by atomic mass is 16.5. The zero-order valence-electron chi connectivity index (χ0n) is 16.4. The summed E-state index contributed by atoms with van der Waals surface area (Å²) in [6.07, 6.45) is 5.95. The number of fused-ring (bicyclic) bond motifs is 1. The average Bonchev–Trinajstić information content (AvgIpc) is 3.06. The van der Waals surface area contributed by atoms with Gasteiger partial charge in [-0.25, -0.2) is 4.79 Å². The fourth-order valence-electron chi connectivity index (χ4n) is 4.00. The summed E-state index contributed by atoms with van der Waals surface area (Å²) in [5.74, 6) is 0. The molecule has 1 aliphatic rings. The number of nitrogens with zero attached hydrogens (tertiary/aromatic N) is 2. The van der Waals surface area contributed by atoms with E-state index in [-0.39, 0.29) is 17.8 Å². The molecule has 29 heavy (non-hydrogen) atoms. The Morgan fingerprint density at radius 1 is 1.34 bits per heavy atom. The van der Waals surface area contributed by atoms with Crippen LogP contribution in [0, 0.1) is 12.3 Å². The van der Waals surface area contributed by atoms with Crippen LogP contribution in [0.1, 0.15) is 43.0 Å². The van der Waals surface area contributed by atoms with Crippen molar-refractivity contribution in [2.24, 2.45) is 5.73 Å². The first kappa shape index (κ1) is 19.2. The van der Waals surface area contributed by atoms with Gasteiger partial charge in [-0.05, 0) is 49.9 Å². The lowest BCUT2D eigenvalue weighted by Gasteiger charge is -2.31. The molecule has 1 saturated heterocycles. The smallest absolute Gasteiger partial charge is 0.354 e. The maximum Gasteiger partial charge on any atom is 0.354 e. The topological polar surface area (TPSA) is 122 Å². The van der Waals surface area contributed by atoms with E-state index in [9.17, 15) is 4.79 Å². The molecule has 0 spiro atoms. The van der Waals surface area contributed by atoms with E-state index in [1.807, 2.05) is 31.3 Å². The molecule has 0 saturated carbocycles. The molecule has 0 radical (unpaired) electrons. The van der Waals surface area contributed by atoms with Gasteiger partial charge in [0.1, 0.15) is 5.65 Å². The Hall–Kier alpha value is -3.13. The standard InChI is InChI=1S/C21H26N6O2/c1-13-11-15-12-27(21(28)26-19(15)24-13)17-7-5-14(6-8-17)18-4-2-3-16(25-18)9-10-29-20(22)23/h5-8,11-12,16,18,25H,2-4,9-10H2,1H3,(H3,22,23)(H,24,26,28)/t16-,18-/m0/s1. The Morgan fingerprint density at radius 3 is 2.90 bits per heavy atom. The van der Waals surface area contributed by atoms with Crippen LogP contribution in [0.15, 0.2) is 41.3 Å². The number of hydrogen-bond acceptors (Lipinski definition) is 5. The number of amidine groups is 1. The van der Waals surface area contributed by atoms with Crippen LogP contribution in [-0.4, -0.2) is 33.2 Å². The number of aromatic amines is 1. The summed E-state index contributed by atoms with van der Waals surface area (Å²) in [6, 6.07) is 10.4. The monoisotopic (exact) mass is 394 g/mol. The van der Waals surface area contributed by atoms with Crippen molar-refractivity contribution in [3.8, 4) is 5.69 Å². The molecule has 3 heterocycles. The van der Waals surface area contributed by atoms with E-state index in [0.717, 1.165) is 42.5 Å². The quantitative estimate of drug-likeness (QED) is 0.391. The van der Waals surface area contributed by atoms with E-state index < -0.39 is 0 Å². The minimum Gasteiger partial charge on any atom is -0.466 e. The number of nitrogens with one attached hydrogen (secondary N) is 3. The van der Waals surface area contributed by atoms with Gasteiger partial charge >= 0.3 is 5.69 Å². The number of hydrogen-bond donors (Lipinski definition) is 4. The van der Waals surface area contributed by atoms with Crippen LogP contribution in [0.2, 0.25) is 0 Å². The first-order chi connectivity index (χ1) is 14.0. The second-order valence-corrected chi connectivity index (χ2v) is 7.59. The number of nitrogens with two attached hydrogens (primary N) is 1. The number of benzene rings is 1. The van der Waals surface area contributed by atoms with Gasteiger partial charge in [0.05, 0.1) is 12.3 Å². The van der Waals surface area contributed by atoms with Crippen LogP contribution < -0.4 is 16.7 Å². The predicted octanol–water partition coefficient (Wildman–Crippen LogP) is 2.51. The number of aryl methyl sites for hydroxylation is 1. The second-order valence-electron chi connectivity index (χ2n) is 7.59. The van der Waals surface area contributed by atoms with Gasteiger partial charge in [0, 0.05) is 29.4 Å². The first-order valence-corrected chi connectivity index (χ1v) is 9.92. The first-order valence-electron chi connectivity index (χ1n) is 9.92. The number of ether oxygens (including phenoxy) is 1. The Balaban J connectivity index is 1.48. The summed E-state index contributed by atoms with van der Waals surface area (Å²) in [5.41, 5.74) is 8.54. The largest absolute Gasteiger partial charge is 0.466 e. The molecular formula is C21H26N6O2. The van der Waals surface area contributed by atoms with E-state index in [0.29, 0.717) is 18.3 Å². The van der Waals surface area contributed by atoms with Crippen LogP contribution in [0.3, 0.4) is 0 Å². The summed E-state index contributed by atoms with van der Waals surface area (Å²) in [4.78, 5) is 19.6. The lowest BCUT2D eigenvalue weighted by atomic mass is 9.92. The van der Waals surface area contributed by atoms with Gasteiger partial charge in [-0.3, -0.25) is 9.98 Å². The van der Waals surface area contributed by atoms with Crippen LogP contribution in [0.5, 0.6) is 0 Å². The maximum atomic E-state index is 12.4. The van der Waals surface area contributed by atoms with E-state index >= 15 is 0 Å². The van der Waals surface area contributed by atoms with Crippen molar-refractivity contribution >= 4 is 17.1 Å². The summed E-state index contributed by atoms with van der Waals surface area (Å²) in [7, 11) is 0. The molecule has 3 aromatic rings. The molecule has 2 atom stereocenters. The molecule has 8 nitrogen and oxygen atoms in total. The molecule has 0 bridgehead atoms. The highest BCUT2D eigenvalue weighted by Gasteiger charge is 2.22. The van der Waals surface area contributed by atoms with Gasteiger partial charge in [-0.2, -0.15) is 4.98 Å². The molecule has 5 N–H and O–H groups in total. The highest BCUT2D eigenvalue weighted by Crippen LogP contribution is 2.27. The van der Waals surface area contributed by atoms with Gasteiger partial charge in [0.15, 0.2) is 0 Å². The van der Waals surface area contributed by atoms with E-state index in [1.54, 1.807) is 4.57 Å². The van der Waals surface area contributed by atoms with Crippen molar-refractivity contribution in [1.29, 1.82) is 5.41 Å². The molecule has 8 heteroatoms. The van der Waals surface area contributed by atoms with Gasteiger partial charge in [0.2, 0.25) is 0 Å². The van der Waals surface area contributed by atoms with Crippen molar-refractivity contribution in [2.45, 2.75) is 44.7 Å². The number of piperidine rings is 1. The maximum absolute atomic E-state index is 12.4. The summed E-state index contributed by atoms with van der Waals surface area (Å²) in [5, 5.41) is 11.7. The van der Waals surface area contributed by atoms with Gasteiger partial charge in [-0.15, -0.1) is 0 Å². The Labute approximate surface area is 168 Å². The van der Waals surface area contributed by atoms with Gasteiger partial charge < -0.3 is 20.8 Å². The SMILES string of the molecule is Cc1cc2cn(-c3ccc([C@@H]4CCC[C@@H](CCOC(=N)N)N4)cc3)c(=O)nc2[nH]1. The van der Waals surface area contributed by atoms with Crippen molar-refractivity contribution in [1.82, 2.24) is 19.9 Å². The van der Waals surface area contributed by atoms with E-state index in [1.165, 1.54) is 5.56 Å². The third-order valence-corrected chi connectivity index (χ3v) is 5.42. The van der Waals surface area contributed by atoms with Gasteiger partial charge in [0.25, 0.3) is 6.02 Å². The summed E-state index contributed by atoms with van der Waals surface area (Å²) < 4.78 is 6.65. The van der Waals surface area contributed by atoms with Crippen molar-refractivity contribution in [2.75, 3.05) is 6.61 Å². The summed E-state index contributed by atoms with van der Waals surface area (Å²) >= 11 is 0. The highest BCUT2D eigenvalue weighted by molar-refractivity contribution is 5.75. The molecule has 4 rings (SSSR count). The molecule has 0 aliphatic carbocycles. The number of aromatic nitrogens is 3. The normalized spacial score (nSPS) is 19.3. The third kappa shape index (κ3) is 4.32. The minimum atomic E-state index is -0.298. The lowest BCUT2D eigenvalue weighted by Crippen LogP contribution is -2.38. The third-order valence-electron chi connectivity index (χ3n) is 5.42. The fraction of sp³-hybridized carbons (Fsp3) is 0.381. The number of H-pyrrole nitrogens is 1. The zero-order chi connectivity index (χ0) is 20.4. The predicted molar refractivity (Wildman–Crippen MR) is 112 cm³/mol. The minimum absolute atomic E-state index is 0.231. The Bertz CT molecular complexity index is 1070. The molecule has 0 unspecified atom stereocenters. The lowest BCUT2D eigenvalue weighted by molar-refractivity contribution is 0.235. The second kappa shape index (κ2) is 8.08. The van der Waals surface area contributed by atoms with Crippen LogP contribution in [0.25, 0.3) is 16.7 Å². The van der Waals surface area contributed by atoms with Crippen molar-refractivity contribution < 1.29 is 4.74 Å². The Kier molecular flexibility index (Phi) is 5.35. The fourth-order valence-corrected chi connectivity index (χ4v) is 4.00. The molecular weight excluding hydrogens is 368 g/mol. The Morgan fingerprint density at radius 2 is 2.14 bits per heavy atom. The molecule has 1 fully saturated rings. The van der Waals surface area contributed by atoms with Crippen molar-refractivity contribution in [3.63, 3.8) is 0 Å². The van der Waals surface area contributed by atoms with E-state index in [4.69, 9.17) is 15.9 Å². The van der Waals surface area contributed by atoms with E-state index in [2.05, 4.69) is 27.4 Å². The van der Waals surface area contributed by atoms with Gasteiger partial charge in [-0.1, -0.05) is 18.6 Å². The molecule has 0 amide bonds. The average molecular weight is 394 g/mol. The van der Waals surface area contributed by atoms with Crippen LogP contribution in [-0.2, 0) is 4.74 Å². The molecule has 2 aromatic heterocycles. The zero-order valence-corrected chi connectivity index (χ0v) is 16.4. The number of rotatable bonds is 5. The van der Waals surface area contributed by atoms with Crippen molar-refractivity contribution in [3.05, 3.63) is 58.3 Å². The van der Waals surface area contributed by atoms with Crippen LogP contribution in [0.4, 0.5) is 0 Å².